The van der Waals surface area contributed by atoms with Gasteiger partial charge in [-0.1, -0.05) is 6.92 Å². The molecule has 0 heterocycles. The first-order chi connectivity index (χ1) is 7.02. The fourth-order valence-corrected chi connectivity index (χ4v) is 1.28. The summed E-state index contributed by atoms with van der Waals surface area (Å²) < 4.78 is 5.04. The van der Waals surface area contributed by atoms with Crippen LogP contribution in [-0.2, 0) is 9.53 Å². The van der Waals surface area contributed by atoms with Crippen molar-refractivity contribution >= 4 is 5.91 Å². The Morgan fingerprint density at radius 1 is 1.27 bits per heavy atom. The highest BCUT2D eigenvalue weighted by Gasteiger charge is 2.18. The summed E-state index contributed by atoms with van der Waals surface area (Å²) in [5, 5.41) is 0. The third kappa shape index (κ3) is 5.74. The Morgan fingerprint density at radius 3 is 2.27 bits per heavy atom. The molecule has 0 saturated heterocycles. The second-order valence-electron chi connectivity index (χ2n) is 4.01. The highest BCUT2D eigenvalue weighted by atomic mass is 16.5. The number of rotatable bonds is 7. The minimum atomic E-state index is -0.335. The van der Waals surface area contributed by atoms with Gasteiger partial charge in [0.2, 0.25) is 0 Å². The zero-order chi connectivity index (χ0) is 11.8. The van der Waals surface area contributed by atoms with Crippen molar-refractivity contribution in [1.82, 2.24) is 9.80 Å². The first-order valence-corrected chi connectivity index (χ1v) is 5.49. The summed E-state index contributed by atoms with van der Waals surface area (Å²) >= 11 is 0. The SMILES string of the molecule is CCCN(CCN(C)C)C(=O)C(C)OC. The fourth-order valence-electron chi connectivity index (χ4n) is 1.28. The molecule has 0 aromatic rings. The third-order valence-corrected chi connectivity index (χ3v) is 2.32. The molecule has 90 valence electrons. The van der Waals surface area contributed by atoms with Crippen molar-refractivity contribution in [3.8, 4) is 0 Å². The van der Waals surface area contributed by atoms with E-state index in [-0.39, 0.29) is 12.0 Å². The van der Waals surface area contributed by atoms with E-state index in [2.05, 4.69) is 11.8 Å². The minimum Gasteiger partial charge on any atom is -0.372 e. The normalized spacial score (nSPS) is 12.9. The van der Waals surface area contributed by atoms with E-state index in [4.69, 9.17) is 4.74 Å². The Kier molecular flexibility index (Phi) is 7.34. The highest BCUT2D eigenvalue weighted by Crippen LogP contribution is 2.00. The molecule has 0 aromatic heterocycles. The molecule has 1 atom stereocenters. The van der Waals surface area contributed by atoms with Crippen molar-refractivity contribution in [2.45, 2.75) is 26.4 Å². The molecule has 0 aromatic carbocycles. The molecule has 0 rings (SSSR count). The van der Waals surface area contributed by atoms with Crippen LogP contribution in [0.15, 0.2) is 0 Å². The number of nitrogens with zero attached hydrogens (tertiary/aromatic N) is 2. The lowest BCUT2D eigenvalue weighted by Crippen LogP contribution is -2.42. The largest absolute Gasteiger partial charge is 0.372 e. The molecule has 0 radical (unpaired) electrons. The van der Waals surface area contributed by atoms with Crippen molar-refractivity contribution in [3.63, 3.8) is 0 Å². The van der Waals surface area contributed by atoms with Crippen LogP contribution in [0.2, 0.25) is 0 Å². The molecular formula is C11H24N2O2. The van der Waals surface area contributed by atoms with Crippen molar-refractivity contribution in [2.24, 2.45) is 0 Å². The predicted molar refractivity (Wildman–Crippen MR) is 61.9 cm³/mol. The van der Waals surface area contributed by atoms with E-state index in [1.807, 2.05) is 19.0 Å². The van der Waals surface area contributed by atoms with E-state index in [9.17, 15) is 4.79 Å². The molecular weight excluding hydrogens is 192 g/mol. The zero-order valence-corrected chi connectivity index (χ0v) is 10.6. The van der Waals surface area contributed by atoms with Crippen LogP contribution in [-0.4, -0.2) is 62.7 Å². The second kappa shape index (κ2) is 7.65. The zero-order valence-electron chi connectivity index (χ0n) is 10.6. The van der Waals surface area contributed by atoms with Gasteiger partial charge in [0.25, 0.3) is 5.91 Å². The number of amides is 1. The Hall–Kier alpha value is -0.610. The first-order valence-electron chi connectivity index (χ1n) is 5.49. The third-order valence-electron chi connectivity index (χ3n) is 2.32. The van der Waals surface area contributed by atoms with Crippen LogP contribution in [0.3, 0.4) is 0 Å². The lowest BCUT2D eigenvalue weighted by Gasteiger charge is -2.26. The fraction of sp³-hybridized carbons (Fsp3) is 0.909. The molecule has 4 nitrogen and oxygen atoms in total. The number of ether oxygens (including phenoxy) is 1. The first kappa shape index (κ1) is 14.4. The highest BCUT2D eigenvalue weighted by molar-refractivity contribution is 5.80. The maximum absolute atomic E-state index is 11.9. The van der Waals surface area contributed by atoms with E-state index in [1.165, 1.54) is 0 Å². The van der Waals surface area contributed by atoms with Gasteiger partial charge in [0.05, 0.1) is 0 Å². The molecule has 0 aliphatic carbocycles. The smallest absolute Gasteiger partial charge is 0.251 e. The molecule has 1 unspecified atom stereocenters. The maximum Gasteiger partial charge on any atom is 0.251 e. The molecule has 1 amide bonds. The Labute approximate surface area is 93.2 Å². The van der Waals surface area contributed by atoms with Gasteiger partial charge in [0.15, 0.2) is 0 Å². The van der Waals surface area contributed by atoms with Crippen LogP contribution in [0.4, 0.5) is 0 Å². The molecule has 0 N–H and O–H groups in total. The van der Waals surface area contributed by atoms with Crippen LogP contribution in [0.5, 0.6) is 0 Å². The Bertz CT molecular complexity index is 183. The average molecular weight is 216 g/mol. The quantitative estimate of drug-likeness (QED) is 0.631. The van der Waals surface area contributed by atoms with Crippen molar-refractivity contribution in [1.29, 1.82) is 0 Å². The van der Waals surface area contributed by atoms with Gasteiger partial charge in [-0.3, -0.25) is 4.79 Å². The molecule has 0 spiro atoms. The molecule has 0 fully saturated rings. The number of methoxy groups -OCH3 is 1. The summed E-state index contributed by atoms with van der Waals surface area (Å²) in [5.74, 6) is 0.0844. The number of carbonyl (C=O) groups excluding carboxylic acids is 1. The van der Waals surface area contributed by atoms with Gasteiger partial charge >= 0.3 is 0 Å². The van der Waals surface area contributed by atoms with Gasteiger partial charge in [-0.2, -0.15) is 0 Å². The molecule has 4 heteroatoms. The second-order valence-corrected chi connectivity index (χ2v) is 4.01. The van der Waals surface area contributed by atoms with Crippen LogP contribution >= 0.6 is 0 Å². The maximum atomic E-state index is 11.9. The summed E-state index contributed by atoms with van der Waals surface area (Å²) in [6.07, 6.45) is 0.647. The lowest BCUT2D eigenvalue weighted by atomic mass is 10.3. The van der Waals surface area contributed by atoms with Gasteiger partial charge in [-0.05, 0) is 27.4 Å². The lowest BCUT2D eigenvalue weighted by molar-refractivity contribution is -0.141. The molecule has 15 heavy (non-hydrogen) atoms. The van der Waals surface area contributed by atoms with E-state index in [0.717, 1.165) is 26.1 Å². The van der Waals surface area contributed by atoms with E-state index in [0.29, 0.717) is 0 Å². The minimum absolute atomic E-state index is 0.0844. The number of likely N-dealkylation sites (N-methyl/N-ethyl adjacent to an activating group) is 1. The average Bonchev–Trinajstić information content (AvgIpc) is 2.21. The van der Waals surface area contributed by atoms with Gasteiger partial charge in [0, 0.05) is 26.7 Å². The van der Waals surface area contributed by atoms with Crippen molar-refractivity contribution < 1.29 is 9.53 Å². The van der Waals surface area contributed by atoms with E-state index >= 15 is 0 Å². The summed E-state index contributed by atoms with van der Waals surface area (Å²) in [6.45, 7) is 6.34. The molecule has 0 aliphatic heterocycles. The predicted octanol–water partition coefficient (Wildman–Crippen LogP) is 0.821. The number of hydrogen-bond donors (Lipinski definition) is 0. The summed E-state index contributed by atoms with van der Waals surface area (Å²) in [5.41, 5.74) is 0. The van der Waals surface area contributed by atoms with Crippen molar-refractivity contribution in [2.75, 3.05) is 40.8 Å². The van der Waals surface area contributed by atoms with Gasteiger partial charge in [-0.25, -0.2) is 0 Å². The van der Waals surface area contributed by atoms with Crippen LogP contribution in [0.25, 0.3) is 0 Å². The Balaban J connectivity index is 4.18. The van der Waals surface area contributed by atoms with Gasteiger partial charge < -0.3 is 14.5 Å². The number of hydrogen-bond acceptors (Lipinski definition) is 3. The van der Waals surface area contributed by atoms with Crippen LogP contribution in [0.1, 0.15) is 20.3 Å². The summed E-state index contributed by atoms with van der Waals surface area (Å²) in [7, 11) is 5.58. The molecule has 0 bridgehead atoms. The number of carbonyl (C=O) groups is 1. The van der Waals surface area contributed by atoms with Crippen molar-refractivity contribution in [3.05, 3.63) is 0 Å². The van der Waals surface area contributed by atoms with E-state index in [1.54, 1.807) is 14.0 Å². The van der Waals surface area contributed by atoms with Gasteiger partial charge in [0.1, 0.15) is 6.10 Å². The van der Waals surface area contributed by atoms with E-state index < -0.39 is 0 Å². The Morgan fingerprint density at radius 2 is 1.87 bits per heavy atom. The van der Waals surface area contributed by atoms with Gasteiger partial charge in [-0.15, -0.1) is 0 Å². The summed E-state index contributed by atoms with van der Waals surface area (Å²) in [6, 6.07) is 0. The van der Waals surface area contributed by atoms with Crippen LogP contribution < -0.4 is 0 Å². The van der Waals surface area contributed by atoms with Crippen LogP contribution in [0, 0.1) is 0 Å². The molecule has 0 aliphatic rings. The summed E-state index contributed by atoms with van der Waals surface area (Å²) in [4.78, 5) is 15.8. The monoisotopic (exact) mass is 216 g/mol. The topological polar surface area (TPSA) is 32.8 Å². The standard InChI is InChI=1S/C11H24N2O2/c1-6-7-13(9-8-12(3)4)11(14)10(2)15-5/h10H,6-9H2,1-5H3. The molecule has 0 saturated carbocycles.